The van der Waals surface area contributed by atoms with E-state index in [9.17, 15) is 8.42 Å². The van der Waals surface area contributed by atoms with E-state index in [2.05, 4.69) is 46.3 Å². The molecule has 6 nitrogen and oxygen atoms in total. The van der Waals surface area contributed by atoms with E-state index in [0.29, 0.717) is 6.54 Å². The molecule has 0 aliphatic heterocycles. The van der Waals surface area contributed by atoms with Gasteiger partial charge in [0.25, 0.3) is 0 Å². The van der Waals surface area contributed by atoms with Crippen LogP contribution in [0.5, 0.6) is 0 Å². The van der Waals surface area contributed by atoms with Gasteiger partial charge in [0.15, 0.2) is 5.96 Å². The predicted octanol–water partition coefficient (Wildman–Crippen LogP) is 2.79. The number of sulfonamides is 1. The molecular weight excluding hydrogens is 392 g/mol. The number of guanidine groups is 1. The number of thiophene rings is 1. The Bertz CT molecular complexity index is 874. The molecule has 1 heterocycles. The highest BCUT2D eigenvalue weighted by atomic mass is 32.2. The minimum Gasteiger partial charge on any atom is -0.357 e. The third kappa shape index (κ3) is 7.61. The van der Waals surface area contributed by atoms with E-state index in [1.165, 1.54) is 16.8 Å². The summed E-state index contributed by atoms with van der Waals surface area (Å²) in [6.07, 6.45) is 0.956. The van der Waals surface area contributed by atoms with Crippen LogP contribution in [0.1, 0.15) is 34.7 Å². The van der Waals surface area contributed by atoms with Crippen LogP contribution in [0.2, 0.25) is 0 Å². The minimum absolute atomic E-state index is 0.0169. The van der Waals surface area contributed by atoms with Crippen molar-refractivity contribution >= 4 is 27.3 Å². The average Bonchev–Trinajstić information content (AvgIpc) is 3.05. The van der Waals surface area contributed by atoms with Crippen molar-refractivity contribution in [2.45, 2.75) is 45.5 Å². The summed E-state index contributed by atoms with van der Waals surface area (Å²) in [7, 11) is -1.83. The maximum absolute atomic E-state index is 11.6. The highest BCUT2D eigenvalue weighted by molar-refractivity contribution is 7.88. The number of benzene rings is 1. The van der Waals surface area contributed by atoms with Crippen molar-refractivity contribution in [3.05, 3.63) is 57.3 Å². The zero-order valence-corrected chi connectivity index (χ0v) is 18.6. The topological polar surface area (TPSA) is 82.6 Å². The van der Waals surface area contributed by atoms with E-state index in [1.54, 1.807) is 0 Å². The van der Waals surface area contributed by atoms with Crippen LogP contribution in [0.15, 0.2) is 41.4 Å². The van der Waals surface area contributed by atoms with Crippen molar-refractivity contribution in [3.63, 3.8) is 0 Å². The van der Waals surface area contributed by atoms with Gasteiger partial charge in [0.05, 0.1) is 12.3 Å². The van der Waals surface area contributed by atoms with Gasteiger partial charge in [0, 0.05) is 28.8 Å². The lowest BCUT2D eigenvalue weighted by molar-refractivity contribution is 0.587. The Labute approximate surface area is 172 Å². The van der Waals surface area contributed by atoms with Crippen LogP contribution in [0, 0.1) is 6.92 Å². The summed E-state index contributed by atoms with van der Waals surface area (Å²) in [5.41, 5.74) is 1.79. The summed E-state index contributed by atoms with van der Waals surface area (Å²) in [4.78, 5) is 7.35. The predicted molar refractivity (Wildman–Crippen MR) is 118 cm³/mol. The number of nitrogens with one attached hydrogen (secondary N) is 3. The number of rotatable bonds is 9. The fraction of sp³-hybridized carbons (Fsp3) is 0.450. The van der Waals surface area contributed by atoms with Crippen molar-refractivity contribution < 1.29 is 8.42 Å². The molecule has 3 N–H and O–H groups in total. The second kappa shape index (κ2) is 10.6. The second-order valence-corrected chi connectivity index (χ2v) is 10.0. The first-order valence-electron chi connectivity index (χ1n) is 9.40. The van der Waals surface area contributed by atoms with E-state index in [-0.39, 0.29) is 11.8 Å². The molecular formula is C20H30N4O2S2. The molecule has 1 atom stereocenters. The van der Waals surface area contributed by atoms with Crippen LogP contribution in [-0.4, -0.2) is 34.0 Å². The normalized spacial score (nSPS) is 13.4. The molecule has 1 unspecified atom stereocenters. The fourth-order valence-electron chi connectivity index (χ4n) is 2.70. The molecule has 0 spiro atoms. The third-order valence-electron chi connectivity index (χ3n) is 4.14. The molecule has 0 saturated heterocycles. The molecule has 2 rings (SSSR count). The van der Waals surface area contributed by atoms with Crippen molar-refractivity contribution in [3.8, 4) is 0 Å². The average molecular weight is 423 g/mol. The monoisotopic (exact) mass is 422 g/mol. The molecule has 2 aromatic rings. The van der Waals surface area contributed by atoms with Gasteiger partial charge in [-0.25, -0.2) is 18.1 Å². The van der Waals surface area contributed by atoms with Gasteiger partial charge in [-0.05, 0) is 51.1 Å². The lowest BCUT2D eigenvalue weighted by atomic mass is 10.1. The Kier molecular flexibility index (Phi) is 8.47. The van der Waals surface area contributed by atoms with Crippen LogP contribution in [0.3, 0.4) is 0 Å². The molecule has 0 aliphatic rings. The van der Waals surface area contributed by atoms with Crippen LogP contribution in [-0.2, 0) is 28.7 Å². The van der Waals surface area contributed by atoms with Crippen LogP contribution in [0.25, 0.3) is 0 Å². The van der Waals surface area contributed by atoms with Gasteiger partial charge in [-0.3, -0.25) is 0 Å². The first-order chi connectivity index (χ1) is 13.3. The molecule has 28 heavy (non-hydrogen) atoms. The second-order valence-electron chi connectivity index (χ2n) is 6.74. The van der Waals surface area contributed by atoms with Crippen LogP contribution >= 0.6 is 11.3 Å². The lowest BCUT2D eigenvalue weighted by Gasteiger charge is -2.17. The Morgan fingerprint density at radius 2 is 1.82 bits per heavy atom. The SMILES string of the molecule is CCNC(=NCc1ccc(CS(=O)(=O)NC)cc1)NC(C)Cc1ccc(C)s1. The zero-order valence-electron chi connectivity index (χ0n) is 17.0. The molecule has 1 aromatic carbocycles. The van der Waals surface area contributed by atoms with E-state index in [1.807, 2.05) is 42.5 Å². The fourth-order valence-corrected chi connectivity index (χ4v) is 4.50. The molecule has 1 aromatic heterocycles. The molecule has 0 radical (unpaired) electrons. The summed E-state index contributed by atoms with van der Waals surface area (Å²) >= 11 is 1.83. The Morgan fingerprint density at radius 1 is 1.14 bits per heavy atom. The van der Waals surface area contributed by atoms with Crippen molar-refractivity contribution in [1.82, 2.24) is 15.4 Å². The van der Waals surface area contributed by atoms with Crippen LogP contribution < -0.4 is 15.4 Å². The molecule has 0 amide bonds. The quantitative estimate of drug-likeness (QED) is 0.429. The van der Waals surface area contributed by atoms with Crippen LogP contribution in [0.4, 0.5) is 0 Å². The highest BCUT2D eigenvalue weighted by Gasteiger charge is 2.09. The van der Waals surface area contributed by atoms with Gasteiger partial charge >= 0.3 is 0 Å². The molecule has 0 saturated carbocycles. The summed E-state index contributed by atoms with van der Waals surface area (Å²) in [6.45, 7) is 7.63. The number of aliphatic imine (C=N–C) groups is 1. The number of nitrogens with zero attached hydrogens (tertiary/aromatic N) is 1. The van der Waals surface area contributed by atoms with E-state index in [4.69, 9.17) is 0 Å². The largest absolute Gasteiger partial charge is 0.357 e. The van der Waals surface area contributed by atoms with Gasteiger partial charge in [-0.1, -0.05) is 24.3 Å². The van der Waals surface area contributed by atoms with Gasteiger partial charge in [-0.15, -0.1) is 11.3 Å². The molecule has 154 valence electrons. The first-order valence-corrected chi connectivity index (χ1v) is 11.9. The summed E-state index contributed by atoms with van der Waals surface area (Å²) in [6, 6.07) is 12.1. The Morgan fingerprint density at radius 3 is 2.39 bits per heavy atom. The Balaban J connectivity index is 1.95. The smallest absolute Gasteiger partial charge is 0.215 e. The summed E-state index contributed by atoms with van der Waals surface area (Å²) in [5.74, 6) is 0.766. The lowest BCUT2D eigenvalue weighted by Crippen LogP contribution is -2.43. The standard InChI is InChI=1S/C20H30N4O2S2/c1-5-22-20(24-15(2)12-19-11-6-16(3)27-19)23-13-17-7-9-18(10-8-17)14-28(25,26)21-4/h6-11,15,21H,5,12-14H2,1-4H3,(H2,22,23,24). The maximum Gasteiger partial charge on any atom is 0.215 e. The van der Waals surface area contributed by atoms with Crippen molar-refractivity contribution in [2.75, 3.05) is 13.6 Å². The number of aryl methyl sites for hydroxylation is 1. The molecule has 0 bridgehead atoms. The Hall–Kier alpha value is -1.90. The molecule has 8 heteroatoms. The van der Waals surface area contributed by atoms with Gasteiger partial charge in [0.1, 0.15) is 0 Å². The zero-order chi connectivity index (χ0) is 20.6. The van der Waals surface area contributed by atoms with Crippen molar-refractivity contribution in [1.29, 1.82) is 0 Å². The van der Waals surface area contributed by atoms with E-state index < -0.39 is 10.0 Å². The number of hydrogen-bond acceptors (Lipinski definition) is 4. The first kappa shape index (κ1) is 22.4. The van der Waals surface area contributed by atoms with E-state index >= 15 is 0 Å². The van der Waals surface area contributed by atoms with Crippen molar-refractivity contribution in [2.24, 2.45) is 4.99 Å². The highest BCUT2D eigenvalue weighted by Crippen LogP contribution is 2.16. The minimum atomic E-state index is -3.25. The third-order valence-corrected chi connectivity index (χ3v) is 6.50. The summed E-state index contributed by atoms with van der Waals surface area (Å²) in [5, 5.41) is 6.73. The number of hydrogen-bond donors (Lipinski definition) is 3. The van der Waals surface area contributed by atoms with Gasteiger partial charge < -0.3 is 10.6 Å². The van der Waals surface area contributed by atoms with Gasteiger partial charge in [0.2, 0.25) is 10.0 Å². The summed E-state index contributed by atoms with van der Waals surface area (Å²) < 4.78 is 25.6. The van der Waals surface area contributed by atoms with Gasteiger partial charge in [-0.2, -0.15) is 0 Å². The van der Waals surface area contributed by atoms with E-state index in [0.717, 1.165) is 30.1 Å². The maximum atomic E-state index is 11.6. The molecule has 0 aliphatic carbocycles. The molecule has 0 fully saturated rings.